The number of carbonyl (C=O) groups is 5. The highest BCUT2D eigenvalue weighted by atomic mass is 19.1. The topological polar surface area (TPSA) is 246 Å². The minimum atomic E-state index is -0.883. The molecule has 4 aliphatic rings. The number of ether oxygens (including phenoxy) is 1. The van der Waals surface area contributed by atoms with Crippen LogP contribution in [0.25, 0.3) is 11.3 Å². The van der Waals surface area contributed by atoms with Crippen LogP contribution >= 0.6 is 0 Å². The lowest BCUT2D eigenvalue weighted by atomic mass is 9.83. The first-order valence-corrected chi connectivity index (χ1v) is 29.1. The number of aromatic nitrogens is 4. The molecule has 82 heavy (non-hydrogen) atoms. The number of fused-ring (bicyclic) bond motifs is 10. The van der Waals surface area contributed by atoms with Crippen LogP contribution in [0.4, 0.5) is 16.0 Å². The Bertz CT molecular complexity index is 3220. The van der Waals surface area contributed by atoms with Gasteiger partial charge in [0.25, 0.3) is 5.91 Å². The molecular formula is C62H78FN13O6. The lowest BCUT2D eigenvalue weighted by Crippen LogP contribution is -2.62. The number of nitrogens with one attached hydrogen (secondary N) is 4. The Morgan fingerprint density at radius 3 is 2.50 bits per heavy atom. The van der Waals surface area contributed by atoms with Gasteiger partial charge in [-0.15, -0.1) is 0 Å². The molecule has 3 aromatic carbocycles. The van der Waals surface area contributed by atoms with E-state index >= 15 is 0 Å². The van der Waals surface area contributed by atoms with Gasteiger partial charge in [0.05, 0.1) is 61.0 Å². The lowest BCUT2D eigenvalue weighted by molar-refractivity contribution is -0.147. The molecule has 5 amide bonds. The molecule has 434 valence electrons. The number of unbranched alkanes of at least 4 members (excludes halogenated alkanes) is 5. The zero-order valence-electron chi connectivity index (χ0n) is 48.2. The summed E-state index contributed by atoms with van der Waals surface area (Å²) in [7, 11) is 3.35. The largest absolute Gasteiger partial charge is 0.494 e. The molecule has 5 heterocycles. The highest BCUT2D eigenvalue weighted by Crippen LogP contribution is 2.41. The van der Waals surface area contributed by atoms with Crippen molar-refractivity contribution in [2.75, 3.05) is 44.4 Å². The summed E-state index contributed by atoms with van der Waals surface area (Å²) >= 11 is 0. The van der Waals surface area contributed by atoms with Gasteiger partial charge in [-0.2, -0.15) is 10.4 Å². The fourth-order valence-electron chi connectivity index (χ4n) is 11.9. The van der Waals surface area contributed by atoms with Gasteiger partial charge in [0.2, 0.25) is 23.6 Å². The number of nitriles is 1. The summed E-state index contributed by atoms with van der Waals surface area (Å²) in [6.45, 7) is 9.25. The summed E-state index contributed by atoms with van der Waals surface area (Å²) in [5, 5.41) is 27.2. The van der Waals surface area contributed by atoms with Crippen LogP contribution in [0.5, 0.6) is 5.75 Å². The maximum Gasteiger partial charge on any atom is 0.254 e. The van der Waals surface area contributed by atoms with Gasteiger partial charge in [-0.05, 0) is 122 Å². The van der Waals surface area contributed by atoms with Crippen LogP contribution in [0.1, 0.15) is 160 Å². The van der Waals surface area contributed by atoms with Gasteiger partial charge < -0.3 is 46.4 Å². The van der Waals surface area contributed by atoms with Crippen molar-refractivity contribution < 1.29 is 33.1 Å². The third-order valence-electron chi connectivity index (χ3n) is 16.6. The van der Waals surface area contributed by atoms with Gasteiger partial charge in [-0.25, -0.2) is 14.4 Å². The molecule has 2 aromatic heterocycles. The van der Waals surface area contributed by atoms with E-state index in [4.69, 9.17) is 15.5 Å². The van der Waals surface area contributed by atoms with Crippen LogP contribution in [-0.2, 0) is 51.7 Å². The Balaban J connectivity index is 0.757. The summed E-state index contributed by atoms with van der Waals surface area (Å²) in [6.07, 6.45) is 11.6. The van der Waals surface area contributed by atoms with Gasteiger partial charge >= 0.3 is 0 Å². The van der Waals surface area contributed by atoms with Crippen LogP contribution in [0.2, 0.25) is 0 Å². The van der Waals surface area contributed by atoms with E-state index in [1.807, 2.05) is 56.0 Å². The van der Waals surface area contributed by atoms with Gasteiger partial charge in [0.1, 0.15) is 29.7 Å². The first-order chi connectivity index (χ1) is 39.4. The summed E-state index contributed by atoms with van der Waals surface area (Å²) in [5.74, 6) is -0.425. The molecule has 2 bridgehead atoms. The molecule has 3 aliphatic heterocycles. The van der Waals surface area contributed by atoms with E-state index < -0.39 is 29.4 Å². The van der Waals surface area contributed by atoms with E-state index in [0.717, 1.165) is 80.9 Å². The molecule has 0 radical (unpaired) electrons. The summed E-state index contributed by atoms with van der Waals surface area (Å²) in [5.41, 5.74) is 12.3. The van der Waals surface area contributed by atoms with Crippen molar-refractivity contribution in [1.29, 1.82) is 5.26 Å². The smallest absolute Gasteiger partial charge is 0.254 e. The standard InChI is InChI=1S/C62H78FN13O6/c1-38(66-5)58(78)71-55(62(2,3)4)61(81)75-36-41-31-43(25-23-40(41)32-51(75)59(79)70-47-20-15-18-39-17-12-13-19-44(39)47)82-30-14-10-8-7-9-11-22-53(77)67-27-29-76-52-37-73(6)60(80)45-26-24-42(63)33-46(45)50-21-16-28-74(50)57-56(65)68-35-49(69-57)54(52)48(34-64)72-76/h12-13,17,19,23-26,31,33,35,38,47,50-51,55,66H,7-11,14-16,18,20-22,27-30,32,36-37H2,1-6H3,(H2,65,68)(H,67,77)(H,70,79)(H,71,78)/t38-,47+,50+,51-,55+/m0/s1. The second-order valence-corrected chi connectivity index (χ2v) is 23.4. The van der Waals surface area contributed by atoms with Gasteiger partial charge in [0, 0.05) is 45.1 Å². The Morgan fingerprint density at radius 1 is 0.939 bits per heavy atom. The molecular weight excluding hydrogens is 1040 g/mol. The fraction of sp³-hybridized carbons (Fsp3) is 0.500. The van der Waals surface area contributed by atoms with Gasteiger partial charge in [-0.3, -0.25) is 28.7 Å². The highest BCUT2D eigenvalue weighted by Gasteiger charge is 2.43. The number of halogens is 1. The SMILES string of the molecule is CN[C@@H](C)C(=O)N[C@H](C(=O)N1Cc2cc(OCCCCCCCCC(=O)NCCn3nc(C#N)c4c3CN(C)C(=O)c3ccc(F)cc3[C@H]3CCCN3c3nc-4cnc3N)ccc2C[C@H]1C(=O)N[C@@H]1CCCc2ccccc21)C(C)(C)C. The third kappa shape index (κ3) is 13.2. The zero-order chi connectivity index (χ0) is 58.2. The molecule has 6 N–H and O–H groups in total. The Kier molecular flexibility index (Phi) is 18.5. The maximum atomic E-state index is 14.8. The van der Waals surface area contributed by atoms with Crippen LogP contribution in [0, 0.1) is 22.6 Å². The lowest BCUT2D eigenvalue weighted by Gasteiger charge is -2.41. The number of aryl methyl sites for hydroxylation is 1. The third-order valence-corrected chi connectivity index (χ3v) is 16.6. The monoisotopic (exact) mass is 1120 g/mol. The molecule has 0 spiro atoms. The normalized spacial score (nSPS) is 18.2. The summed E-state index contributed by atoms with van der Waals surface area (Å²) < 4.78 is 22.7. The molecule has 0 unspecified atom stereocenters. The molecule has 20 heteroatoms. The van der Waals surface area contributed by atoms with Crippen LogP contribution in [0.15, 0.2) is 66.9 Å². The number of nitrogens with zero attached hydrogens (tertiary/aromatic N) is 8. The number of likely N-dealkylation sites (N-methyl/N-ethyl adjacent to an activating group) is 1. The number of anilines is 2. The molecule has 0 saturated carbocycles. The number of hydrogen-bond donors (Lipinski definition) is 5. The minimum absolute atomic E-state index is 0.0467. The first-order valence-electron chi connectivity index (χ1n) is 29.1. The van der Waals surface area contributed by atoms with E-state index in [-0.39, 0.29) is 79.3 Å². The number of rotatable bonds is 19. The van der Waals surface area contributed by atoms with E-state index in [1.165, 1.54) is 34.9 Å². The second kappa shape index (κ2) is 25.9. The maximum absolute atomic E-state index is 14.8. The summed E-state index contributed by atoms with van der Waals surface area (Å²) in [4.78, 5) is 84.2. The number of carbonyl (C=O) groups excluding carboxylic acids is 5. The van der Waals surface area contributed by atoms with Crippen LogP contribution < -0.4 is 36.6 Å². The molecule has 1 aliphatic carbocycles. The average Bonchev–Trinajstić information content (AvgIpc) is 3.66. The number of amides is 5. The van der Waals surface area contributed by atoms with Gasteiger partial charge in [-0.1, -0.05) is 76.8 Å². The molecule has 5 atom stereocenters. The predicted octanol–water partition coefficient (Wildman–Crippen LogP) is 7.37. The Labute approximate surface area is 479 Å². The van der Waals surface area contributed by atoms with Crippen molar-refractivity contribution in [2.24, 2.45) is 5.41 Å². The quantitative estimate of drug-likeness (QED) is 0.0508. The van der Waals surface area contributed by atoms with Crippen LogP contribution in [-0.4, -0.2) is 111 Å². The average molecular weight is 1120 g/mol. The van der Waals surface area contributed by atoms with Crippen molar-refractivity contribution in [3.63, 3.8) is 0 Å². The minimum Gasteiger partial charge on any atom is -0.494 e. The molecule has 1 saturated heterocycles. The molecule has 9 rings (SSSR count). The first kappa shape index (κ1) is 58.7. The van der Waals surface area contributed by atoms with Crippen molar-refractivity contribution in [3.05, 3.63) is 117 Å². The predicted molar refractivity (Wildman–Crippen MR) is 309 cm³/mol. The molecule has 1 fully saturated rings. The van der Waals surface area contributed by atoms with Crippen LogP contribution in [0.3, 0.4) is 0 Å². The van der Waals surface area contributed by atoms with Crippen molar-refractivity contribution in [2.45, 2.75) is 161 Å². The molecule has 5 aromatic rings. The second-order valence-electron chi connectivity index (χ2n) is 23.4. The van der Waals surface area contributed by atoms with E-state index in [9.17, 15) is 33.6 Å². The number of benzene rings is 3. The highest BCUT2D eigenvalue weighted by molar-refractivity contribution is 5.96. The van der Waals surface area contributed by atoms with E-state index in [1.54, 1.807) is 30.6 Å². The number of nitrogens with two attached hydrogens (primary N) is 1. The Hall–Kier alpha value is -7.92. The Morgan fingerprint density at radius 2 is 1.72 bits per heavy atom. The van der Waals surface area contributed by atoms with E-state index in [0.29, 0.717) is 72.1 Å². The van der Waals surface area contributed by atoms with Gasteiger partial charge in [0.15, 0.2) is 17.3 Å². The van der Waals surface area contributed by atoms with Crippen molar-refractivity contribution >= 4 is 41.2 Å². The van der Waals surface area contributed by atoms with Crippen molar-refractivity contribution in [3.8, 4) is 23.1 Å². The number of hydrogen-bond acceptors (Lipinski definition) is 13. The number of nitrogen functional groups attached to an aromatic ring is 1. The van der Waals surface area contributed by atoms with Crippen molar-refractivity contribution in [1.82, 2.24) is 50.8 Å². The zero-order valence-corrected chi connectivity index (χ0v) is 48.2. The summed E-state index contributed by atoms with van der Waals surface area (Å²) in [6, 6.07) is 17.8. The fourth-order valence-corrected chi connectivity index (χ4v) is 11.9. The molecule has 19 nitrogen and oxygen atoms in total. The van der Waals surface area contributed by atoms with E-state index in [2.05, 4.69) is 49.6 Å².